The summed E-state index contributed by atoms with van der Waals surface area (Å²) in [6, 6.07) is 77.5. The number of aromatic nitrogens is 1. The number of anilines is 3. The molecule has 1 unspecified atom stereocenters. The first-order valence-corrected chi connectivity index (χ1v) is 22.0. The number of nitrogens with zero attached hydrogens (tertiary/aromatic N) is 2. The van der Waals surface area contributed by atoms with Gasteiger partial charge in [-0.1, -0.05) is 194 Å². The summed E-state index contributed by atoms with van der Waals surface area (Å²) in [5, 5.41) is 8.64. The highest BCUT2D eigenvalue weighted by Crippen LogP contribution is 2.46. The molecule has 3 heteroatoms. The molecule has 302 valence electrons. The Hall–Kier alpha value is -8.40. The van der Waals surface area contributed by atoms with E-state index in [0.29, 0.717) is 0 Å². The van der Waals surface area contributed by atoms with Crippen LogP contribution < -0.4 is 10.2 Å². The summed E-state index contributed by atoms with van der Waals surface area (Å²) >= 11 is 0. The third-order valence-corrected chi connectivity index (χ3v) is 12.8. The number of hydrogen-bond donors (Lipinski definition) is 1. The monoisotopic (exact) mass is 817 g/mol. The maximum Gasteiger partial charge on any atom is 0.0701 e. The van der Waals surface area contributed by atoms with Crippen LogP contribution in [0.2, 0.25) is 0 Å². The molecule has 0 fully saturated rings. The number of nitrogens with one attached hydrogen (secondary N) is 1. The molecule has 10 aromatic rings. The molecule has 0 saturated heterocycles. The normalized spacial score (nSPS) is 14.3. The van der Waals surface area contributed by atoms with Gasteiger partial charge in [-0.3, -0.25) is 0 Å². The first-order valence-electron chi connectivity index (χ1n) is 22.0. The van der Waals surface area contributed by atoms with Gasteiger partial charge in [-0.25, -0.2) is 0 Å². The van der Waals surface area contributed by atoms with Crippen LogP contribution in [0.5, 0.6) is 0 Å². The van der Waals surface area contributed by atoms with Gasteiger partial charge in [0.05, 0.1) is 28.5 Å². The van der Waals surface area contributed by atoms with Crippen molar-refractivity contribution in [2.24, 2.45) is 0 Å². The van der Waals surface area contributed by atoms with E-state index in [9.17, 15) is 0 Å². The number of allylic oxidation sites excluding steroid dienone is 4. The predicted molar refractivity (Wildman–Crippen MR) is 271 cm³/mol. The topological polar surface area (TPSA) is 20.2 Å². The molecule has 0 saturated carbocycles. The molecule has 0 radical (unpaired) electrons. The second-order valence-corrected chi connectivity index (χ2v) is 16.6. The van der Waals surface area contributed by atoms with Crippen LogP contribution in [0.25, 0.3) is 77.3 Å². The molecular formula is C61H43N3. The van der Waals surface area contributed by atoms with Crippen molar-refractivity contribution in [3.63, 3.8) is 0 Å². The number of hydrogen-bond acceptors (Lipinski definition) is 2. The number of dihydropyridines is 1. The predicted octanol–water partition coefficient (Wildman–Crippen LogP) is 15.8. The zero-order valence-electron chi connectivity index (χ0n) is 35.1. The lowest BCUT2D eigenvalue weighted by Crippen LogP contribution is -2.30. The zero-order valence-corrected chi connectivity index (χ0v) is 35.1. The van der Waals surface area contributed by atoms with Crippen molar-refractivity contribution >= 4 is 55.3 Å². The minimum absolute atomic E-state index is 0.164. The van der Waals surface area contributed by atoms with Crippen molar-refractivity contribution < 1.29 is 0 Å². The number of benzene rings is 9. The van der Waals surface area contributed by atoms with Gasteiger partial charge in [-0.15, -0.1) is 0 Å². The van der Waals surface area contributed by atoms with Crippen molar-refractivity contribution in [2.45, 2.75) is 6.04 Å². The van der Waals surface area contributed by atoms with Gasteiger partial charge < -0.3 is 14.8 Å². The number of fused-ring (bicyclic) bond motifs is 5. The zero-order chi connectivity index (χ0) is 42.4. The minimum Gasteiger partial charge on any atom is -0.374 e. The lowest BCUT2D eigenvalue weighted by atomic mass is 9.92. The van der Waals surface area contributed by atoms with Crippen molar-refractivity contribution in [3.8, 4) is 39.1 Å². The van der Waals surface area contributed by atoms with E-state index in [0.717, 1.165) is 50.7 Å². The summed E-state index contributed by atoms with van der Waals surface area (Å²) in [4.78, 5) is 2.42. The first kappa shape index (κ1) is 37.4. The largest absolute Gasteiger partial charge is 0.374 e. The van der Waals surface area contributed by atoms with Gasteiger partial charge in [0.2, 0.25) is 0 Å². The second-order valence-electron chi connectivity index (χ2n) is 16.6. The smallest absolute Gasteiger partial charge is 0.0701 e. The lowest BCUT2D eigenvalue weighted by molar-refractivity contribution is 0.813. The Morgan fingerprint density at radius 1 is 0.422 bits per heavy atom. The Kier molecular flexibility index (Phi) is 9.23. The van der Waals surface area contributed by atoms with Gasteiger partial charge >= 0.3 is 0 Å². The SMILES string of the molecule is C1=CC2=CC=C(c3ccc4c5ccc(-c6ccccc6-c6ccccc6N(c6ccccc6)c6cccc7ccccc67)cc5n(-c5ccc(-c6ccccc6)cc5)c4c3)NC2C=C1. The number of para-hydroxylation sites is 2. The van der Waals surface area contributed by atoms with Gasteiger partial charge in [0.15, 0.2) is 0 Å². The van der Waals surface area contributed by atoms with Crippen LogP contribution in [0, 0.1) is 0 Å². The van der Waals surface area contributed by atoms with Gasteiger partial charge in [-0.2, -0.15) is 0 Å². The van der Waals surface area contributed by atoms with Crippen molar-refractivity contribution in [1.82, 2.24) is 9.88 Å². The third-order valence-electron chi connectivity index (χ3n) is 12.8. The molecule has 12 rings (SSSR count). The maximum atomic E-state index is 3.79. The molecule has 1 aliphatic carbocycles. The Morgan fingerprint density at radius 3 is 1.84 bits per heavy atom. The standard InChI is InChI=1S/C61H43N3/c1-3-16-42(17-4-1)43-30-35-49(36-31-43)64-60-40-46(32-37-54(60)55-38-33-47(41-61(55)64)57-39-34-45-19-8-13-27-56(45)62-57)50-23-10-11-25-52(50)53-26-12-14-28-59(53)63(48-21-5-2-6-22-48)58-29-15-20-44-18-7-9-24-51(44)58/h1-41,56,62H. The molecule has 0 bridgehead atoms. The lowest BCUT2D eigenvalue weighted by Gasteiger charge is -2.29. The van der Waals surface area contributed by atoms with E-state index in [4.69, 9.17) is 0 Å². The van der Waals surface area contributed by atoms with Gasteiger partial charge in [0.1, 0.15) is 0 Å². The molecule has 1 atom stereocenters. The van der Waals surface area contributed by atoms with E-state index >= 15 is 0 Å². The molecule has 2 aliphatic rings. The van der Waals surface area contributed by atoms with Crippen molar-refractivity contribution in [3.05, 3.63) is 260 Å². The molecule has 0 spiro atoms. The van der Waals surface area contributed by atoms with Gasteiger partial charge in [0.25, 0.3) is 0 Å². The fourth-order valence-electron chi connectivity index (χ4n) is 9.74. The quantitative estimate of drug-likeness (QED) is 0.165. The van der Waals surface area contributed by atoms with E-state index in [1.165, 1.54) is 54.9 Å². The Morgan fingerprint density at radius 2 is 1.03 bits per heavy atom. The average molecular weight is 818 g/mol. The fraction of sp³-hybridized carbons (Fsp3) is 0.0164. The van der Waals surface area contributed by atoms with E-state index in [1.807, 2.05) is 0 Å². The van der Waals surface area contributed by atoms with E-state index < -0.39 is 0 Å². The van der Waals surface area contributed by atoms with Crippen LogP contribution in [-0.2, 0) is 0 Å². The maximum absolute atomic E-state index is 3.79. The fourth-order valence-corrected chi connectivity index (χ4v) is 9.74. The number of rotatable bonds is 8. The highest BCUT2D eigenvalue weighted by atomic mass is 15.1. The molecular weight excluding hydrogens is 775 g/mol. The van der Waals surface area contributed by atoms with Crippen LogP contribution in [0.4, 0.5) is 17.1 Å². The van der Waals surface area contributed by atoms with Gasteiger partial charge in [0, 0.05) is 38.8 Å². The van der Waals surface area contributed by atoms with E-state index in [2.05, 4.69) is 264 Å². The summed E-state index contributed by atoms with van der Waals surface area (Å²) < 4.78 is 2.45. The summed E-state index contributed by atoms with van der Waals surface area (Å²) in [5.41, 5.74) is 17.4. The Labute approximate surface area is 373 Å². The highest BCUT2D eigenvalue weighted by Gasteiger charge is 2.23. The average Bonchev–Trinajstić information content (AvgIpc) is 3.70. The molecule has 1 aliphatic heterocycles. The molecule has 1 N–H and O–H groups in total. The molecule has 64 heavy (non-hydrogen) atoms. The summed E-state index contributed by atoms with van der Waals surface area (Å²) in [6.45, 7) is 0. The third kappa shape index (κ3) is 6.54. The highest BCUT2D eigenvalue weighted by molar-refractivity contribution is 6.11. The van der Waals surface area contributed by atoms with E-state index in [-0.39, 0.29) is 6.04 Å². The van der Waals surface area contributed by atoms with Crippen LogP contribution in [0.3, 0.4) is 0 Å². The molecule has 0 amide bonds. The van der Waals surface area contributed by atoms with Crippen LogP contribution >= 0.6 is 0 Å². The molecule has 3 nitrogen and oxygen atoms in total. The summed E-state index contributed by atoms with van der Waals surface area (Å²) in [7, 11) is 0. The Bertz CT molecular complexity index is 3510. The minimum atomic E-state index is 0.164. The summed E-state index contributed by atoms with van der Waals surface area (Å²) in [6.07, 6.45) is 13.1. The Balaban J connectivity index is 1.04. The molecule has 1 aromatic heterocycles. The van der Waals surface area contributed by atoms with Crippen LogP contribution in [-0.4, -0.2) is 10.6 Å². The molecule has 9 aromatic carbocycles. The van der Waals surface area contributed by atoms with Crippen LogP contribution in [0.15, 0.2) is 254 Å². The summed E-state index contributed by atoms with van der Waals surface area (Å²) in [5.74, 6) is 0. The van der Waals surface area contributed by atoms with Gasteiger partial charge in [-0.05, 0) is 98.9 Å². The first-order chi connectivity index (χ1) is 31.7. The van der Waals surface area contributed by atoms with Crippen molar-refractivity contribution in [1.29, 1.82) is 0 Å². The van der Waals surface area contributed by atoms with Crippen LogP contribution in [0.1, 0.15) is 5.56 Å². The van der Waals surface area contributed by atoms with E-state index in [1.54, 1.807) is 0 Å². The molecule has 2 heterocycles. The van der Waals surface area contributed by atoms with Crippen molar-refractivity contribution in [2.75, 3.05) is 4.90 Å². The second kappa shape index (κ2) is 15.8.